The van der Waals surface area contributed by atoms with Crippen molar-refractivity contribution >= 4 is 43.9 Å². The number of aryl methyl sites for hydroxylation is 2. The number of sulfonamides is 1. The first-order valence-electron chi connectivity index (χ1n) is 11.0. The van der Waals surface area contributed by atoms with Crippen molar-refractivity contribution in [3.8, 4) is 0 Å². The van der Waals surface area contributed by atoms with Crippen LogP contribution < -0.4 is 5.32 Å². The van der Waals surface area contributed by atoms with Crippen molar-refractivity contribution < 1.29 is 17.9 Å². The van der Waals surface area contributed by atoms with Crippen LogP contribution in [0, 0.1) is 0 Å². The van der Waals surface area contributed by atoms with Crippen molar-refractivity contribution in [2.45, 2.75) is 17.7 Å². The molecule has 4 aromatic rings. The largest absolute Gasteiger partial charge is 0.379 e. The zero-order chi connectivity index (χ0) is 23.7. The Balaban J connectivity index is 1.41. The molecule has 2 aromatic carbocycles. The Morgan fingerprint density at radius 3 is 2.62 bits per heavy atom. The topological polar surface area (TPSA) is 119 Å². The van der Waals surface area contributed by atoms with Crippen molar-refractivity contribution in [3.05, 3.63) is 54.1 Å². The molecule has 0 bridgehead atoms. The lowest BCUT2D eigenvalue weighted by Crippen LogP contribution is -2.40. The van der Waals surface area contributed by atoms with E-state index in [-0.39, 0.29) is 16.8 Å². The molecule has 1 amide bonds. The van der Waals surface area contributed by atoms with Crippen LogP contribution in [-0.4, -0.2) is 64.7 Å². The molecule has 1 fully saturated rings. The minimum atomic E-state index is -3.65. The number of ether oxygens (including phenoxy) is 1. The summed E-state index contributed by atoms with van der Waals surface area (Å²) in [5, 5.41) is 11.7. The molecule has 0 spiro atoms. The summed E-state index contributed by atoms with van der Waals surface area (Å²) in [6.07, 6.45) is 0.903. The van der Waals surface area contributed by atoms with E-state index in [2.05, 4.69) is 20.5 Å². The molecule has 1 N–H and O–H groups in total. The lowest BCUT2D eigenvalue weighted by molar-refractivity contribution is -0.116. The predicted molar refractivity (Wildman–Crippen MR) is 127 cm³/mol. The second-order valence-corrected chi connectivity index (χ2v) is 10.0. The Bertz CT molecular complexity index is 1460. The van der Waals surface area contributed by atoms with Crippen LogP contribution in [0.15, 0.2) is 53.4 Å². The number of fused-ring (bicyclic) bond motifs is 3. The van der Waals surface area contributed by atoms with Gasteiger partial charge in [-0.1, -0.05) is 30.3 Å². The fraction of sp³-hybridized carbons (Fsp3) is 0.304. The maximum atomic E-state index is 13.1. The lowest BCUT2D eigenvalue weighted by Gasteiger charge is -2.26. The van der Waals surface area contributed by atoms with Crippen molar-refractivity contribution in [1.82, 2.24) is 24.1 Å². The minimum absolute atomic E-state index is 0.109. The summed E-state index contributed by atoms with van der Waals surface area (Å²) in [7, 11) is -1.83. The molecule has 0 atom stereocenters. The fourth-order valence-electron chi connectivity index (χ4n) is 4.08. The molecule has 5 rings (SSSR count). The van der Waals surface area contributed by atoms with Gasteiger partial charge in [0.1, 0.15) is 5.52 Å². The molecule has 0 radical (unpaired) electrons. The molecule has 0 unspecified atom stereocenters. The van der Waals surface area contributed by atoms with Crippen LogP contribution in [0.25, 0.3) is 22.1 Å². The van der Waals surface area contributed by atoms with E-state index in [4.69, 9.17) is 4.74 Å². The number of nitrogens with one attached hydrogen (secondary N) is 1. The lowest BCUT2D eigenvalue weighted by atomic mass is 10.1. The Kier molecular flexibility index (Phi) is 5.98. The molecule has 1 saturated heterocycles. The molecule has 3 heterocycles. The van der Waals surface area contributed by atoms with E-state index in [9.17, 15) is 13.2 Å². The molecule has 176 valence electrons. The minimum Gasteiger partial charge on any atom is -0.379 e. The first kappa shape index (κ1) is 22.4. The van der Waals surface area contributed by atoms with E-state index >= 15 is 0 Å². The highest BCUT2D eigenvalue weighted by Gasteiger charge is 2.27. The van der Waals surface area contributed by atoms with Gasteiger partial charge in [-0.15, -0.1) is 10.2 Å². The number of anilines is 1. The second kappa shape index (κ2) is 9.09. The number of rotatable bonds is 6. The number of hydrogen-bond acceptors (Lipinski definition) is 7. The average Bonchev–Trinajstić information content (AvgIpc) is 3.15. The normalized spacial score (nSPS) is 15.1. The van der Waals surface area contributed by atoms with Crippen molar-refractivity contribution in [2.75, 3.05) is 31.6 Å². The molecule has 2 aromatic heterocycles. The van der Waals surface area contributed by atoms with Crippen molar-refractivity contribution in [3.63, 3.8) is 0 Å². The van der Waals surface area contributed by atoms with Crippen molar-refractivity contribution in [2.24, 2.45) is 7.05 Å². The monoisotopic (exact) mass is 480 g/mol. The maximum Gasteiger partial charge on any atom is 0.251 e. The molecule has 34 heavy (non-hydrogen) atoms. The predicted octanol–water partition coefficient (Wildman–Crippen LogP) is 2.11. The molecular weight excluding hydrogens is 456 g/mol. The summed E-state index contributed by atoms with van der Waals surface area (Å²) < 4.78 is 34.7. The Hall–Kier alpha value is -3.41. The average molecular weight is 481 g/mol. The van der Waals surface area contributed by atoms with Crippen LogP contribution >= 0.6 is 0 Å². The molecule has 1 aliphatic heterocycles. The summed E-state index contributed by atoms with van der Waals surface area (Å²) in [5.41, 5.74) is 2.82. The highest BCUT2D eigenvalue weighted by molar-refractivity contribution is 7.89. The number of carbonyl (C=O) groups is 1. The van der Waals surface area contributed by atoms with E-state index < -0.39 is 10.0 Å². The van der Waals surface area contributed by atoms with Crippen LogP contribution in [0.1, 0.15) is 12.0 Å². The molecule has 0 saturated carbocycles. The third kappa shape index (κ3) is 4.25. The van der Waals surface area contributed by atoms with Crippen LogP contribution in [0.3, 0.4) is 0 Å². The number of amides is 1. The van der Waals surface area contributed by atoms with Gasteiger partial charge in [-0.3, -0.25) is 10.1 Å². The number of benzene rings is 2. The maximum absolute atomic E-state index is 13.1. The van der Waals surface area contributed by atoms with Gasteiger partial charge in [0.15, 0.2) is 5.65 Å². The van der Waals surface area contributed by atoms with Crippen LogP contribution in [0.2, 0.25) is 0 Å². The Morgan fingerprint density at radius 1 is 1.09 bits per heavy atom. The molecule has 11 heteroatoms. The number of nitrogens with zero attached hydrogens (tertiary/aromatic N) is 5. The van der Waals surface area contributed by atoms with E-state index in [0.717, 1.165) is 11.1 Å². The number of hydrogen-bond donors (Lipinski definition) is 1. The number of carbonyl (C=O) groups excluding carboxylic acids is 1. The van der Waals surface area contributed by atoms with Gasteiger partial charge in [0.25, 0.3) is 5.95 Å². The van der Waals surface area contributed by atoms with E-state index in [1.54, 1.807) is 18.2 Å². The van der Waals surface area contributed by atoms with Gasteiger partial charge < -0.3 is 9.30 Å². The Labute approximate surface area is 196 Å². The molecule has 10 nitrogen and oxygen atoms in total. The quantitative estimate of drug-likeness (QED) is 0.449. The molecule has 0 aliphatic carbocycles. The van der Waals surface area contributed by atoms with Crippen LogP contribution in [0.5, 0.6) is 0 Å². The molecule has 1 aliphatic rings. The third-order valence-electron chi connectivity index (χ3n) is 5.91. The zero-order valence-corrected chi connectivity index (χ0v) is 19.5. The summed E-state index contributed by atoms with van der Waals surface area (Å²) in [5.74, 6) is -0.0970. The summed E-state index contributed by atoms with van der Waals surface area (Å²) >= 11 is 0. The van der Waals surface area contributed by atoms with Gasteiger partial charge in [-0.25, -0.2) is 8.42 Å². The van der Waals surface area contributed by atoms with E-state index in [1.165, 1.54) is 4.31 Å². The smallest absolute Gasteiger partial charge is 0.251 e. The standard InChI is InChI=1S/C23H24N6O4S/c1-28-19-9-8-17(34(31,32)29-11-13-33-14-12-29)15-18(19)21-22(28)25-23(27-26-21)24-20(30)10-7-16-5-3-2-4-6-16/h2-6,8-9,15H,7,10-14H2,1H3,(H,24,25,27,30). The van der Waals surface area contributed by atoms with Crippen LogP contribution in [0.4, 0.5) is 5.95 Å². The van der Waals surface area contributed by atoms with Crippen LogP contribution in [-0.2, 0) is 33.0 Å². The van der Waals surface area contributed by atoms with E-state index in [1.807, 2.05) is 41.9 Å². The van der Waals surface area contributed by atoms with Gasteiger partial charge in [-0.2, -0.15) is 9.29 Å². The third-order valence-corrected chi connectivity index (χ3v) is 7.81. The second-order valence-electron chi connectivity index (χ2n) is 8.10. The van der Waals surface area contributed by atoms with Crippen molar-refractivity contribution in [1.29, 1.82) is 0 Å². The van der Waals surface area contributed by atoms with Gasteiger partial charge >= 0.3 is 0 Å². The molecular formula is C23H24N6O4S. The van der Waals surface area contributed by atoms with Gasteiger partial charge in [0.05, 0.1) is 23.6 Å². The highest BCUT2D eigenvalue weighted by Crippen LogP contribution is 2.29. The summed E-state index contributed by atoms with van der Waals surface area (Å²) in [6.45, 7) is 1.41. The fourth-order valence-corrected chi connectivity index (χ4v) is 5.51. The zero-order valence-electron chi connectivity index (χ0n) is 18.6. The Morgan fingerprint density at radius 2 is 1.85 bits per heavy atom. The summed E-state index contributed by atoms with van der Waals surface area (Å²) in [4.78, 5) is 17.0. The van der Waals surface area contributed by atoms with Gasteiger partial charge in [-0.05, 0) is 30.2 Å². The van der Waals surface area contributed by atoms with E-state index in [0.29, 0.717) is 55.7 Å². The first-order chi connectivity index (χ1) is 16.4. The first-order valence-corrected chi connectivity index (χ1v) is 12.4. The number of morpholine rings is 1. The highest BCUT2D eigenvalue weighted by atomic mass is 32.2. The van der Waals surface area contributed by atoms with Gasteiger partial charge in [0.2, 0.25) is 15.9 Å². The SMILES string of the molecule is Cn1c2ccc(S(=O)(=O)N3CCOCC3)cc2c2nnc(NC(=O)CCc3ccccc3)nc21. The number of aromatic nitrogens is 4. The summed E-state index contributed by atoms with van der Waals surface area (Å²) in [6, 6.07) is 14.7. The van der Waals surface area contributed by atoms with Gasteiger partial charge in [0, 0.05) is 31.9 Å².